The zero-order valence-corrected chi connectivity index (χ0v) is 10.1. The smallest absolute Gasteiger partial charge is 0.120 e. The quantitative estimate of drug-likeness (QED) is 0.798. The summed E-state index contributed by atoms with van der Waals surface area (Å²) in [6, 6.07) is 8.16. The van der Waals surface area contributed by atoms with Crippen LogP contribution in [0.15, 0.2) is 24.3 Å². The molecule has 1 aliphatic carbocycles. The summed E-state index contributed by atoms with van der Waals surface area (Å²) in [6.45, 7) is 5.30. The van der Waals surface area contributed by atoms with Gasteiger partial charge in [0.1, 0.15) is 5.75 Å². The lowest BCUT2D eigenvalue weighted by Gasteiger charge is -2.22. The van der Waals surface area contributed by atoms with Crippen LogP contribution in [-0.4, -0.2) is 11.1 Å². The molecule has 88 valence electrons. The highest BCUT2D eigenvalue weighted by molar-refractivity contribution is 5.31. The van der Waals surface area contributed by atoms with Gasteiger partial charge in [0.15, 0.2) is 0 Å². The molecule has 1 aromatic carbocycles. The zero-order valence-electron chi connectivity index (χ0n) is 10.1. The number of nitrogens with one attached hydrogen (secondary N) is 1. The van der Waals surface area contributed by atoms with Crippen molar-refractivity contribution in [3.63, 3.8) is 0 Å². The van der Waals surface area contributed by atoms with E-state index in [0.29, 0.717) is 17.7 Å². The molecule has 1 saturated carbocycles. The second-order valence-corrected chi connectivity index (χ2v) is 5.12. The van der Waals surface area contributed by atoms with E-state index >= 15 is 0 Å². The molecule has 0 bridgehead atoms. The minimum absolute atomic E-state index is 0.397. The Bertz CT molecular complexity index is 342. The lowest BCUT2D eigenvalue weighted by atomic mass is 9.99. The number of rotatable bonds is 5. The van der Waals surface area contributed by atoms with Crippen LogP contribution in [-0.2, 0) is 6.54 Å². The van der Waals surface area contributed by atoms with Gasteiger partial charge in [-0.1, -0.05) is 32.0 Å². The van der Waals surface area contributed by atoms with Gasteiger partial charge in [0.05, 0.1) is 0 Å². The van der Waals surface area contributed by atoms with E-state index in [0.717, 1.165) is 18.0 Å². The Kier molecular flexibility index (Phi) is 3.49. The van der Waals surface area contributed by atoms with Crippen molar-refractivity contribution in [1.29, 1.82) is 0 Å². The Balaban J connectivity index is 1.93. The first kappa shape index (κ1) is 11.5. The number of phenols is 1. The van der Waals surface area contributed by atoms with Gasteiger partial charge in [-0.3, -0.25) is 0 Å². The third-order valence-corrected chi connectivity index (χ3v) is 3.37. The Hall–Kier alpha value is -1.02. The molecule has 1 atom stereocenters. The van der Waals surface area contributed by atoms with E-state index in [1.807, 2.05) is 18.2 Å². The van der Waals surface area contributed by atoms with E-state index in [1.165, 1.54) is 12.8 Å². The van der Waals surface area contributed by atoms with E-state index < -0.39 is 0 Å². The molecule has 0 amide bonds. The van der Waals surface area contributed by atoms with Gasteiger partial charge in [0, 0.05) is 18.2 Å². The third-order valence-electron chi connectivity index (χ3n) is 3.37. The largest absolute Gasteiger partial charge is 0.508 e. The van der Waals surface area contributed by atoms with Gasteiger partial charge in [-0.15, -0.1) is 0 Å². The Morgan fingerprint density at radius 3 is 2.56 bits per heavy atom. The van der Waals surface area contributed by atoms with Crippen molar-refractivity contribution in [1.82, 2.24) is 5.32 Å². The van der Waals surface area contributed by atoms with E-state index in [-0.39, 0.29) is 0 Å². The predicted molar refractivity (Wildman–Crippen MR) is 66.3 cm³/mol. The molecule has 0 radical (unpaired) electrons. The van der Waals surface area contributed by atoms with Gasteiger partial charge in [0.25, 0.3) is 0 Å². The van der Waals surface area contributed by atoms with E-state index in [9.17, 15) is 5.11 Å². The lowest BCUT2D eigenvalue weighted by molar-refractivity contribution is 0.356. The van der Waals surface area contributed by atoms with Crippen LogP contribution in [0.25, 0.3) is 0 Å². The molecule has 2 nitrogen and oxygen atoms in total. The second-order valence-electron chi connectivity index (χ2n) is 5.12. The fourth-order valence-corrected chi connectivity index (χ4v) is 2.29. The molecule has 0 saturated heterocycles. The third kappa shape index (κ3) is 2.76. The lowest BCUT2D eigenvalue weighted by Crippen LogP contribution is -2.35. The standard InChI is InChI=1S/C14H21NO/c1-10(2)14(11-7-8-11)15-9-12-5-3-4-6-13(12)16/h3-6,10-11,14-16H,7-9H2,1-2H3. The van der Waals surface area contributed by atoms with Crippen LogP contribution in [0.4, 0.5) is 0 Å². The van der Waals surface area contributed by atoms with Gasteiger partial charge >= 0.3 is 0 Å². The summed E-state index contributed by atoms with van der Waals surface area (Å²) in [7, 11) is 0. The van der Waals surface area contributed by atoms with Crippen LogP contribution < -0.4 is 5.32 Å². The van der Waals surface area contributed by atoms with Gasteiger partial charge in [0.2, 0.25) is 0 Å². The summed E-state index contributed by atoms with van der Waals surface area (Å²) in [5, 5.41) is 13.3. The molecule has 0 spiro atoms. The maximum Gasteiger partial charge on any atom is 0.120 e. The average molecular weight is 219 g/mol. The first-order valence-corrected chi connectivity index (χ1v) is 6.18. The van der Waals surface area contributed by atoms with Crippen molar-refractivity contribution in [3.8, 4) is 5.75 Å². The monoisotopic (exact) mass is 219 g/mol. The number of aromatic hydroxyl groups is 1. The van der Waals surface area contributed by atoms with Crippen LogP contribution in [0, 0.1) is 11.8 Å². The molecule has 2 heteroatoms. The summed E-state index contributed by atoms with van der Waals surface area (Å²) in [5.74, 6) is 1.91. The Morgan fingerprint density at radius 2 is 2.00 bits per heavy atom. The summed E-state index contributed by atoms with van der Waals surface area (Å²) in [6.07, 6.45) is 2.72. The SMILES string of the molecule is CC(C)C(NCc1ccccc1O)C1CC1. The number of hydrogen-bond donors (Lipinski definition) is 2. The maximum atomic E-state index is 9.68. The van der Waals surface area contributed by atoms with Crippen LogP contribution in [0.5, 0.6) is 5.75 Å². The molecule has 1 unspecified atom stereocenters. The van der Waals surface area contributed by atoms with Crippen molar-refractivity contribution in [2.45, 2.75) is 39.3 Å². The van der Waals surface area contributed by atoms with Crippen molar-refractivity contribution in [2.75, 3.05) is 0 Å². The molecule has 2 rings (SSSR count). The highest BCUT2D eigenvalue weighted by Gasteiger charge is 2.32. The topological polar surface area (TPSA) is 32.3 Å². The highest BCUT2D eigenvalue weighted by atomic mass is 16.3. The molecule has 1 aliphatic rings. The Labute approximate surface area is 97.7 Å². The van der Waals surface area contributed by atoms with Crippen LogP contribution in [0.1, 0.15) is 32.3 Å². The van der Waals surface area contributed by atoms with Crippen LogP contribution >= 0.6 is 0 Å². The van der Waals surface area contributed by atoms with E-state index in [1.54, 1.807) is 6.07 Å². The minimum Gasteiger partial charge on any atom is -0.508 e. The predicted octanol–water partition coefficient (Wildman–Crippen LogP) is 2.92. The number of hydrogen-bond acceptors (Lipinski definition) is 2. The highest BCUT2D eigenvalue weighted by Crippen LogP contribution is 2.35. The van der Waals surface area contributed by atoms with Crippen molar-refractivity contribution in [3.05, 3.63) is 29.8 Å². The van der Waals surface area contributed by atoms with Crippen molar-refractivity contribution in [2.24, 2.45) is 11.8 Å². The zero-order chi connectivity index (χ0) is 11.5. The summed E-state index contributed by atoms with van der Waals surface area (Å²) < 4.78 is 0. The summed E-state index contributed by atoms with van der Waals surface area (Å²) in [4.78, 5) is 0. The fourth-order valence-electron chi connectivity index (χ4n) is 2.29. The number of benzene rings is 1. The van der Waals surface area contributed by atoms with Crippen LogP contribution in [0.2, 0.25) is 0 Å². The molecule has 1 fully saturated rings. The van der Waals surface area contributed by atoms with Gasteiger partial charge < -0.3 is 10.4 Å². The fraction of sp³-hybridized carbons (Fsp3) is 0.571. The molecule has 0 aromatic heterocycles. The molecule has 1 aromatic rings. The first-order chi connectivity index (χ1) is 7.68. The van der Waals surface area contributed by atoms with E-state index in [2.05, 4.69) is 19.2 Å². The summed E-state index contributed by atoms with van der Waals surface area (Å²) in [5.41, 5.74) is 0.994. The van der Waals surface area contributed by atoms with Crippen LogP contribution in [0.3, 0.4) is 0 Å². The van der Waals surface area contributed by atoms with Gasteiger partial charge in [-0.05, 0) is 30.7 Å². The molecular formula is C14H21NO. The summed E-state index contributed by atoms with van der Waals surface area (Å²) >= 11 is 0. The van der Waals surface area contributed by atoms with Gasteiger partial charge in [-0.2, -0.15) is 0 Å². The minimum atomic E-state index is 0.397. The maximum absolute atomic E-state index is 9.68. The molecular weight excluding hydrogens is 198 g/mol. The molecule has 0 aliphatic heterocycles. The van der Waals surface area contributed by atoms with Crippen molar-refractivity contribution < 1.29 is 5.11 Å². The molecule has 16 heavy (non-hydrogen) atoms. The first-order valence-electron chi connectivity index (χ1n) is 6.18. The average Bonchev–Trinajstić information content (AvgIpc) is 3.04. The normalized spacial score (nSPS) is 17.7. The van der Waals surface area contributed by atoms with Gasteiger partial charge in [-0.25, -0.2) is 0 Å². The van der Waals surface area contributed by atoms with E-state index in [4.69, 9.17) is 0 Å². The Morgan fingerprint density at radius 1 is 1.31 bits per heavy atom. The molecule has 0 heterocycles. The number of para-hydroxylation sites is 1. The number of phenolic OH excluding ortho intramolecular Hbond substituents is 1. The molecule has 2 N–H and O–H groups in total. The second kappa shape index (κ2) is 4.88. The van der Waals surface area contributed by atoms with Crippen molar-refractivity contribution >= 4 is 0 Å².